The topological polar surface area (TPSA) is 16.4 Å². The van der Waals surface area contributed by atoms with Crippen LogP contribution < -0.4 is 4.90 Å². The Morgan fingerprint density at radius 2 is 0.845 bits per heavy atom. The maximum atomic E-state index is 6.59. The summed E-state index contributed by atoms with van der Waals surface area (Å²) < 4.78 is 6.59. The number of fused-ring (bicyclic) bond motifs is 8. The highest BCUT2D eigenvalue weighted by atomic mass is 16.3. The smallest absolute Gasteiger partial charge is 0.137 e. The van der Waals surface area contributed by atoms with Gasteiger partial charge in [-0.1, -0.05) is 163 Å². The standard InChI is InChI=1S/C69H53NO/c1-42-34-44(3)67(45(4)35-42)69(68-46(5)36-43(2)37-47(68)6)61-18-11-9-16-58(61)59-33-32-57(41-62(59)69)70(63-19-13-21-65-66(63)60-17-10-12-20-64(60)71-65)56-30-28-49(29-31-56)51-24-25-54-40-55(27-26-53(54)39-51)52-23-22-48-14-7-8-15-50(48)38-52/h7-41H,1-6H3. The van der Waals surface area contributed by atoms with Crippen LogP contribution in [0.5, 0.6) is 0 Å². The summed E-state index contributed by atoms with van der Waals surface area (Å²) in [7, 11) is 0. The molecule has 0 saturated heterocycles. The Hall–Kier alpha value is -8.46. The number of nitrogens with zero attached hydrogens (tertiary/aromatic N) is 1. The van der Waals surface area contributed by atoms with Crippen molar-refractivity contribution in [2.75, 3.05) is 4.90 Å². The molecule has 0 atom stereocenters. The Morgan fingerprint density at radius 1 is 0.352 bits per heavy atom. The molecular weight excluding hydrogens is 859 g/mol. The lowest BCUT2D eigenvalue weighted by Crippen LogP contribution is -2.33. The van der Waals surface area contributed by atoms with Crippen molar-refractivity contribution in [3.63, 3.8) is 0 Å². The first-order chi connectivity index (χ1) is 34.6. The quantitative estimate of drug-likeness (QED) is 0.158. The second-order valence-electron chi connectivity index (χ2n) is 20.0. The van der Waals surface area contributed by atoms with Crippen LogP contribution in [0.25, 0.3) is 76.9 Å². The molecule has 0 radical (unpaired) electrons. The number of para-hydroxylation sites is 1. The van der Waals surface area contributed by atoms with E-state index in [0.29, 0.717) is 0 Å². The third-order valence-electron chi connectivity index (χ3n) is 15.4. The Kier molecular flexibility index (Phi) is 9.80. The molecule has 0 fully saturated rings. The highest BCUT2D eigenvalue weighted by molar-refractivity contribution is 6.13. The van der Waals surface area contributed by atoms with E-state index in [-0.39, 0.29) is 0 Å². The molecule has 2 nitrogen and oxygen atoms in total. The fourth-order valence-corrected chi connectivity index (χ4v) is 12.8. The van der Waals surface area contributed by atoms with Crippen molar-refractivity contribution in [3.8, 4) is 33.4 Å². The summed E-state index contributed by atoms with van der Waals surface area (Å²) in [4.78, 5) is 2.46. The Bertz CT molecular complexity index is 4030. The van der Waals surface area contributed by atoms with Gasteiger partial charge in [0.25, 0.3) is 0 Å². The van der Waals surface area contributed by atoms with Crippen molar-refractivity contribution in [2.24, 2.45) is 0 Å². The average molecular weight is 912 g/mol. The lowest BCUT2D eigenvalue weighted by atomic mass is 9.63. The van der Waals surface area contributed by atoms with E-state index >= 15 is 0 Å². The van der Waals surface area contributed by atoms with Gasteiger partial charge in [0.1, 0.15) is 11.2 Å². The number of hydrogen-bond acceptors (Lipinski definition) is 2. The van der Waals surface area contributed by atoms with Crippen molar-refractivity contribution in [1.29, 1.82) is 0 Å². The lowest BCUT2D eigenvalue weighted by Gasteiger charge is -2.39. The van der Waals surface area contributed by atoms with Gasteiger partial charge in [-0.05, 0) is 202 Å². The number of aryl methyl sites for hydroxylation is 6. The highest BCUT2D eigenvalue weighted by Gasteiger charge is 2.49. The second kappa shape index (κ2) is 16.3. The zero-order chi connectivity index (χ0) is 48.1. The first kappa shape index (κ1) is 42.6. The van der Waals surface area contributed by atoms with Gasteiger partial charge in [0.15, 0.2) is 0 Å². The molecular formula is C69H53NO. The predicted octanol–water partition coefficient (Wildman–Crippen LogP) is 18.9. The molecule has 71 heavy (non-hydrogen) atoms. The van der Waals surface area contributed by atoms with Crippen LogP contribution in [0.3, 0.4) is 0 Å². The van der Waals surface area contributed by atoms with Crippen molar-refractivity contribution in [3.05, 3.63) is 268 Å². The fourth-order valence-electron chi connectivity index (χ4n) is 12.8. The van der Waals surface area contributed by atoms with Crippen LogP contribution in [-0.4, -0.2) is 0 Å². The van der Waals surface area contributed by atoms with Gasteiger partial charge in [0.2, 0.25) is 0 Å². The molecule has 0 bridgehead atoms. The van der Waals surface area contributed by atoms with Gasteiger partial charge < -0.3 is 9.32 Å². The van der Waals surface area contributed by atoms with E-state index in [2.05, 4.69) is 259 Å². The molecule has 1 aliphatic rings. The van der Waals surface area contributed by atoms with Crippen LogP contribution in [0.4, 0.5) is 17.1 Å². The third kappa shape index (κ3) is 6.69. The zero-order valence-electron chi connectivity index (χ0n) is 41.1. The summed E-state index contributed by atoms with van der Waals surface area (Å²) in [5, 5.41) is 7.15. The molecule has 13 rings (SSSR count). The number of hydrogen-bond donors (Lipinski definition) is 0. The normalized spacial score (nSPS) is 12.8. The van der Waals surface area contributed by atoms with E-state index < -0.39 is 5.41 Å². The molecule has 1 heterocycles. The van der Waals surface area contributed by atoms with E-state index in [1.54, 1.807) is 0 Å². The molecule has 2 heteroatoms. The van der Waals surface area contributed by atoms with Crippen molar-refractivity contribution < 1.29 is 4.42 Å². The van der Waals surface area contributed by atoms with Crippen LogP contribution in [0.1, 0.15) is 55.6 Å². The number of rotatable bonds is 7. The maximum Gasteiger partial charge on any atom is 0.137 e. The van der Waals surface area contributed by atoms with Crippen LogP contribution in [0, 0.1) is 41.5 Å². The molecule has 340 valence electrons. The highest BCUT2D eigenvalue weighted by Crippen LogP contribution is 2.60. The molecule has 0 saturated carbocycles. The minimum Gasteiger partial charge on any atom is -0.456 e. The molecule has 0 aliphatic heterocycles. The minimum absolute atomic E-state index is 0.581. The van der Waals surface area contributed by atoms with Gasteiger partial charge in [0, 0.05) is 16.8 Å². The number of anilines is 3. The Balaban J connectivity index is 0.997. The average Bonchev–Trinajstić information content (AvgIpc) is 3.90. The van der Waals surface area contributed by atoms with Crippen LogP contribution in [-0.2, 0) is 5.41 Å². The summed E-state index contributed by atoms with van der Waals surface area (Å²) in [6.07, 6.45) is 0. The van der Waals surface area contributed by atoms with Crippen molar-refractivity contribution >= 4 is 60.5 Å². The van der Waals surface area contributed by atoms with Gasteiger partial charge in [0.05, 0.1) is 16.5 Å². The molecule has 0 amide bonds. The van der Waals surface area contributed by atoms with Crippen LogP contribution in [0.15, 0.2) is 217 Å². The third-order valence-corrected chi connectivity index (χ3v) is 15.4. The van der Waals surface area contributed by atoms with Crippen LogP contribution in [0.2, 0.25) is 0 Å². The molecule has 12 aromatic rings. The number of furan rings is 1. The van der Waals surface area contributed by atoms with Gasteiger partial charge >= 0.3 is 0 Å². The van der Waals surface area contributed by atoms with Gasteiger partial charge in [-0.3, -0.25) is 0 Å². The largest absolute Gasteiger partial charge is 0.456 e. The fraction of sp³-hybridized carbons (Fsp3) is 0.101. The first-order valence-corrected chi connectivity index (χ1v) is 24.9. The summed E-state index contributed by atoms with van der Waals surface area (Å²) >= 11 is 0. The first-order valence-electron chi connectivity index (χ1n) is 24.9. The number of benzene rings is 11. The minimum atomic E-state index is -0.581. The summed E-state index contributed by atoms with van der Waals surface area (Å²) in [5.41, 5.74) is 24.9. The molecule has 0 spiro atoms. The van der Waals surface area contributed by atoms with E-state index in [0.717, 1.165) is 39.0 Å². The maximum absolute atomic E-state index is 6.59. The molecule has 0 N–H and O–H groups in total. The monoisotopic (exact) mass is 911 g/mol. The van der Waals surface area contributed by atoms with Crippen molar-refractivity contribution in [1.82, 2.24) is 0 Å². The summed E-state index contributed by atoms with van der Waals surface area (Å²) in [6, 6.07) is 79.0. The molecule has 1 aromatic heterocycles. The Morgan fingerprint density at radius 3 is 1.51 bits per heavy atom. The predicted molar refractivity (Wildman–Crippen MR) is 300 cm³/mol. The van der Waals surface area contributed by atoms with E-state index in [1.165, 1.54) is 111 Å². The van der Waals surface area contributed by atoms with Gasteiger partial charge in [-0.15, -0.1) is 0 Å². The van der Waals surface area contributed by atoms with E-state index in [4.69, 9.17) is 4.42 Å². The molecule has 1 aliphatic carbocycles. The second-order valence-corrected chi connectivity index (χ2v) is 20.0. The van der Waals surface area contributed by atoms with Gasteiger partial charge in [-0.25, -0.2) is 0 Å². The van der Waals surface area contributed by atoms with Crippen LogP contribution >= 0.6 is 0 Å². The summed E-state index contributed by atoms with van der Waals surface area (Å²) in [6.45, 7) is 13.7. The van der Waals surface area contributed by atoms with Gasteiger partial charge in [-0.2, -0.15) is 0 Å². The zero-order valence-corrected chi connectivity index (χ0v) is 41.1. The SMILES string of the molecule is Cc1cc(C)c(C2(c3c(C)cc(C)cc3C)c3ccccc3-c3ccc(N(c4ccc(-c5ccc6cc(-c7ccc8ccccc8c7)ccc6c5)cc4)c4cccc5oc6ccccc6c45)cc32)c(C)c1. The van der Waals surface area contributed by atoms with Crippen molar-refractivity contribution in [2.45, 2.75) is 47.0 Å². The van der Waals surface area contributed by atoms with E-state index in [9.17, 15) is 0 Å². The Labute approximate surface area is 416 Å². The lowest BCUT2D eigenvalue weighted by molar-refractivity contribution is 0.669. The van der Waals surface area contributed by atoms with E-state index in [1.807, 2.05) is 0 Å². The summed E-state index contributed by atoms with van der Waals surface area (Å²) in [5.74, 6) is 0. The molecule has 0 unspecified atom stereocenters. The molecule has 11 aromatic carbocycles.